The Balaban J connectivity index is 1.68. The predicted octanol–water partition coefficient (Wildman–Crippen LogP) is 3.60. The van der Waals surface area contributed by atoms with Crippen LogP contribution in [0, 0.1) is 6.92 Å². The number of thioether (sulfide) groups is 1. The Morgan fingerprint density at radius 3 is 2.71 bits per heavy atom. The quantitative estimate of drug-likeness (QED) is 0.603. The van der Waals surface area contributed by atoms with E-state index in [1.54, 1.807) is 12.1 Å². The molecule has 0 saturated heterocycles. The van der Waals surface area contributed by atoms with Crippen LogP contribution in [0.3, 0.4) is 0 Å². The molecule has 0 unspecified atom stereocenters. The Bertz CT molecular complexity index is 721. The summed E-state index contributed by atoms with van der Waals surface area (Å²) in [5.74, 6) is -0.586. The van der Waals surface area contributed by atoms with Crippen LogP contribution in [0.1, 0.15) is 11.1 Å². The number of carbonyl (C=O) groups is 2. The first-order chi connectivity index (χ1) is 11.5. The molecule has 0 spiro atoms. The molecule has 2 aromatic rings. The zero-order valence-corrected chi connectivity index (χ0v) is 14.8. The summed E-state index contributed by atoms with van der Waals surface area (Å²) < 4.78 is 4.98. The lowest BCUT2D eigenvalue weighted by atomic mass is 10.2. The van der Waals surface area contributed by atoms with Crippen LogP contribution in [-0.4, -0.2) is 24.2 Å². The van der Waals surface area contributed by atoms with Crippen LogP contribution >= 0.6 is 23.4 Å². The van der Waals surface area contributed by atoms with Crippen molar-refractivity contribution in [3.63, 3.8) is 0 Å². The third-order valence-electron chi connectivity index (χ3n) is 3.18. The summed E-state index contributed by atoms with van der Waals surface area (Å²) >= 11 is 7.27. The molecule has 0 aromatic heterocycles. The van der Waals surface area contributed by atoms with Crippen LogP contribution in [0.5, 0.6) is 0 Å². The molecule has 6 heteroatoms. The van der Waals surface area contributed by atoms with Gasteiger partial charge in [-0.15, -0.1) is 11.8 Å². The van der Waals surface area contributed by atoms with E-state index < -0.39 is 5.97 Å². The minimum Gasteiger partial charge on any atom is -0.455 e. The lowest BCUT2D eigenvalue weighted by molar-refractivity contribution is -0.145. The highest BCUT2D eigenvalue weighted by molar-refractivity contribution is 8.00. The first-order valence-corrected chi connectivity index (χ1v) is 8.76. The van der Waals surface area contributed by atoms with Gasteiger partial charge in [-0.25, -0.2) is 0 Å². The second kappa shape index (κ2) is 9.35. The molecule has 4 nitrogen and oxygen atoms in total. The van der Waals surface area contributed by atoms with Crippen molar-refractivity contribution in [1.82, 2.24) is 5.32 Å². The molecule has 0 bridgehead atoms. The molecule has 0 fully saturated rings. The van der Waals surface area contributed by atoms with Crippen molar-refractivity contribution in [2.75, 3.05) is 12.4 Å². The summed E-state index contributed by atoms with van der Waals surface area (Å²) in [6.07, 6.45) is 0. The van der Waals surface area contributed by atoms with Gasteiger partial charge >= 0.3 is 5.97 Å². The van der Waals surface area contributed by atoms with Gasteiger partial charge in [-0.1, -0.05) is 41.9 Å². The highest BCUT2D eigenvalue weighted by Crippen LogP contribution is 2.21. The van der Waals surface area contributed by atoms with E-state index in [1.165, 1.54) is 11.8 Å². The number of aryl methyl sites for hydroxylation is 1. The number of nitrogens with one attached hydrogen (secondary N) is 1. The van der Waals surface area contributed by atoms with Crippen molar-refractivity contribution in [2.24, 2.45) is 0 Å². The molecule has 0 atom stereocenters. The van der Waals surface area contributed by atoms with E-state index in [1.807, 2.05) is 43.3 Å². The minimum absolute atomic E-state index is 0.173. The van der Waals surface area contributed by atoms with Gasteiger partial charge in [0.05, 0.1) is 5.75 Å². The van der Waals surface area contributed by atoms with Crippen LogP contribution < -0.4 is 5.32 Å². The third kappa shape index (κ3) is 6.26. The summed E-state index contributed by atoms with van der Waals surface area (Å²) in [5.41, 5.74) is 1.99. The lowest BCUT2D eigenvalue weighted by Crippen LogP contribution is -2.28. The Labute approximate surface area is 150 Å². The van der Waals surface area contributed by atoms with Crippen molar-refractivity contribution in [1.29, 1.82) is 0 Å². The van der Waals surface area contributed by atoms with Gasteiger partial charge in [-0.3, -0.25) is 9.59 Å². The monoisotopic (exact) mass is 363 g/mol. The topological polar surface area (TPSA) is 55.4 Å². The maximum absolute atomic E-state index is 11.7. The molecule has 24 heavy (non-hydrogen) atoms. The van der Waals surface area contributed by atoms with Gasteiger partial charge in [-0.2, -0.15) is 0 Å². The molecular formula is C18H18ClNO3S. The number of rotatable bonds is 7. The van der Waals surface area contributed by atoms with E-state index in [2.05, 4.69) is 5.32 Å². The van der Waals surface area contributed by atoms with Crippen LogP contribution in [0.4, 0.5) is 0 Å². The fraction of sp³-hybridized carbons (Fsp3) is 0.222. The van der Waals surface area contributed by atoms with Gasteiger partial charge in [0.1, 0.15) is 0 Å². The second-order valence-electron chi connectivity index (χ2n) is 5.12. The molecule has 1 amide bonds. The van der Waals surface area contributed by atoms with Gasteiger partial charge in [0.25, 0.3) is 5.91 Å². The Morgan fingerprint density at radius 2 is 1.96 bits per heavy atom. The molecule has 0 radical (unpaired) electrons. The smallest absolute Gasteiger partial charge is 0.316 e. The summed E-state index contributed by atoms with van der Waals surface area (Å²) in [4.78, 5) is 24.4. The average Bonchev–Trinajstić information content (AvgIpc) is 2.57. The van der Waals surface area contributed by atoms with E-state index in [4.69, 9.17) is 16.3 Å². The van der Waals surface area contributed by atoms with Crippen molar-refractivity contribution in [2.45, 2.75) is 18.4 Å². The first-order valence-electron chi connectivity index (χ1n) is 7.40. The zero-order valence-electron chi connectivity index (χ0n) is 13.3. The Hall–Kier alpha value is -1.98. The lowest BCUT2D eigenvalue weighted by Gasteiger charge is -2.08. The van der Waals surface area contributed by atoms with E-state index in [0.29, 0.717) is 11.6 Å². The van der Waals surface area contributed by atoms with Crippen molar-refractivity contribution >= 4 is 35.2 Å². The fourth-order valence-electron chi connectivity index (χ4n) is 1.94. The maximum atomic E-state index is 11.7. The largest absolute Gasteiger partial charge is 0.455 e. The molecule has 0 aliphatic carbocycles. The number of benzene rings is 2. The molecular weight excluding hydrogens is 346 g/mol. The standard InChI is InChI=1S/C18H18ClNO3S/c1-13-5-2-3-8-16(13)24-12-18(22)23-11-17(21)20-10-14-6-4-7-15(19)9-14/h2-9H,10-12H2,1H3,(H,20,21). The zero-order chi connectivity index (χ0) is 17.4. The highest BCUT2D eigenvalue weighted by Gasteiger charge is 2.09. The normalized spacial score (nSPS) is 10.2. The number of ether oxygens (including phenoxy) is 1. The number of hydrogen-bond donors (Lipinski definition) is 1. The van der Waals surface area contributed by atoms with Crippen molar-refractivity contribution in [3.8, 4) is 0 Å². The van der Waals surface area contributed by atoms with E-state index in [9.17, 15) is 9.59 Å². The van der Waals surface area contributed by atoms with Crippen molar-refractivity contribution in [3.05, 3.63) is 64.7 Å². The molecule has 0 aliphatic rings. The summed E-state index contributed by atoms with van der Waals surface area (Å²) in [5, 5.41) is 3.30. The molecule has 0 aliphatic heterocycles. The van der Waals surface area contributed by atoms with Crippen LogP contribution in [0.2, 0.25) is 5.02 Å². The molecule has 126 valence electrons. The summed E-state index contributed by atoms with van der Waals surface area (Å²) in [7, 11) is 0. The SMILES string of the molecule is Cc1ccccc1SCC(=O)OCC(=O)NCc1cccc(Cl)c1. The van der Waals surface area contributed by atoms with E-state index >= 15 is 0 Å². The maximum Gasteiger partial charge on any atom is 0.316 e. The average molecular weight is 364 g/mol. The predicted molar refractivity (Wildman–Crippen MR) is 96.2 cm³/mol. The molecule has 2 rings (SSSR count). The minimum atomic E-state index is -0.416. The first kappa shape index (κ1) is 18.4. The number of halogens is 1. The molecule has 0 heterocycles. The molecule has 1 N–H and O–H groups in total. The van der Waals surface area contributed by atoms with Crippen molar-refractivity contribution < 1.29 is 14.3 Å². The van der Waals surface area contributed by atoms with Gasteiger partial charge in [0.2, 0.25) is 0 Å². The Kier molecular flexibility index (Phi) is 7.15. The third-order valence-corrected chi connectivity index (χ3v) is 4.57. The number of carbonyl (C=O) groups excluding carboxylic acids is 2. The van der Waals surface area contributed by atoms with E-state index in [0.717, 1.165) is 16.0 Å². The number of esters is 1. The number of amides is 1. The van der Waals surface area contributed by atoms with Crippen LogP contribution in [0.25, 0.3) is 0 Å². The molecule has 2 aromatic carbocycles. The Morgan fingerprint density at radius 1 is 1.17 bits per heavy atom. The number of hydrogen-bond acceptors (Lipinski definition) is 4. The summed E-state index contributed by atoms with van der Waals surface area (Å²) in [6.45, 7) is 2.04. The fourth-order valence-corrected chi connectivity index (χ4v) is 2.98. The van der Waals surface area contributed by atoms with Gasteiger partial charge in [0, 0.05) is 16.5 Å². The second-order valence-corrected chi connectivity index (χ2v) is 6.58. The van der Waals surface area contributed by atoms with E-state index in [-0.39, 0.29) is 18.3 Å². The highest BCUT2D eigenvalue weighted by atomic mass is 35.5. The molecule has 0 saturated carbocycles. The van der Waals surface area contributed by atoms with Crippen LogP contribution in [-0.2, 0) is 20.9 Å². The van der Waals surface area contributed by atoms with Gasteiger partial charge < -0.3 is 10.1 Å². The van der Waals surface area contributed by atoms with Crippen LogP contribution in [0.15, 0.2) is 53.4 Å². The van der Waals surface area contributed by atoms with Gasteiger partial charge in [0.15, 0.2) is 6.61 Å². The van der Waals surface area contributed by atoms with Gasteiger partial charge in [-0.05, 0) is 36.2 Å². The summed E-state index contributed by atoms with van der Waals surface area (Å²) in [6, 6.07) is 15.0.